The number of ether oxygens (including phenoxy) is 1. The Morgan fingerprint density at radius 2 is 2.00 bits per heavy atom. The summed E-state index contributed by atoms with van der Waals surface area (Å²) in [5.74, 6) is 1.48. The van der Waals surface area contributed by atoms with Gasteiger partial charge in [0.15, 0.2) is 5.78 Å². The molecule has 3 fully saturated rings. The van der Waals surface area contributed by atoms with Crippen molar-refractivity contribution in [2.24, 2.45) is 34.0 Å². The van der Waals surface area contributed by atoms with Gasteiger partial charge in [0.25, 0.3) is 0 Å². The van der Waals surface area contributed by atoms with E-state index in [-0.39, 0.29) is 27.9 Å². The molecule has 3 heteroatoms. The van der Waals surface area contributed by atoms with Crippen LogP contribution in [0.3, 0.4) is 0 Å². The lowest BCUT2D eigenvalue weighted by molar-refractivity contribution is -0.135. The van der Waals surface area contributed by atoms with E-state index in [1.54, 1.807) is 7.11 Å². The van der Waals surface area contributed by atoms with Crippen molar-refractivity contribution in [3.63, 3.8) is 0 Å². The van der Waals surface area contributed by atoms with E-state index >= 15 is 0 Å². The minimum absolute atomic E-state index is 0.0144. The first-order valence-electron chi connectivity index (χ1n) is 9.11. The Hall–Kier alpha value is -0.670. The summed E-state index contributed by atoms with van der Waals surface area (Å²) in [6, 6.07) is 0. The van der Waals surface area contributed by atoms with Crippen LogP contribution < -0.4 is 0 Å². The third-order valence-corrected chi connectivity index (χ3v) is 8.81. The van der Waals surface area contributed by atoms with Gasteiger partial charge in [0.2, 0.25) is 0 Å². The Bertz CT molecular complexity index is 598. The summed E-state index contributed by atoms with van der Waals surface area (Å²) in [7, 11) is 1.78. The van der Waals surface area contributed by atoms with Crippen molar-refractivity contribution in [2.75, 3.05) is 7.11 Å². The van der Waals surface area contributed by atoms with Gasteiger partial charge < -0.3 is 9.84 Å². The zero-order valence-electron chi connectivity index (χ0n) is 15.1. The molecule has 0 heterocycles. The number of aliphatic hydroxyl groups excluding tert-OH is 1. The van der Waals surface area contributed by atoms with Gasteiger partial charge in [-0.2, -0.15) is 0 Å². The van der Waals surface area contributed by atoms with Crippen LogP contribution in [-0.4, -0.2) is 29.7 Å². The topological polar surface area (TPSA) is 46.5 Å². The van der Waals surface area contributed by atoms with E-state index in [0.29, 0.717) is 30.0 Å². The number of carbonyl (C=O) groups is 1. The molecular weight excluding hydrogens is 288 g/mol. The van der Waals surface area contributed by atoms with Crippen LogP contribution in [0.4, 0.5) is 0 Å². The van der Waals surface area contributed by atoms with Crippen LogP contribution in [0.1, 0.15) is 53.4 Å². The molecule has 0 aromatic carbocycles. The molecule has 8 atom stereocenters. The Morgan fingerprint density at radius 3 is 2.65 bits per heavy atom. The van der Waals surface area contributed by atoms with Crippen molar-refractivity contribution in [3.8, 4) is 0 Å². The van der Waals surface area contributed by atoms with Crippen LogP contribution in [0.5, 0.6) is 0 Å². The van der Waals surface area contributed by atoms with Crippen molar-refractivity contribution in [1.29, 1.82) is 0 Å². The molecule has 0 amide bonds. The molecule has 128 valence electrons. The first kappa shape index (κ1) is 15.8. The molecule has 23 heavy (non-hydrogen) atoms. The Balaban J connectivity index is 1.91. The van der Waals surface area contributed by atoms with E-state index in [2.05, 4.69) is 33.8 Å². The maximum Gasteiger partial charge on any atom is 0.161 e. The summed E-state index contributed by atoms with van der Waals surface area (Å²) in [5.41, 5.74) is -0.707. The van der Waals surface area contributed by atoms with Crippen LogP contribution in [0.15, 0.2) is 12.2 Å². The Morgan fingerprint density at radius 1 is 1.30 bits per heavy atom. The van der Waals surface area contributed by atoms with Crippen LogP contribution >= 0.6 is 0 Å². The highest BCUT2D eigenvalue weighted by atomic mass is 16.5. The smallest absolute Gasteiger partial charge is 0.161 e. The van der Waals surface area contributed by atoms with E-state index in [4.69, 9.17) is 4.74 Å². The highest BCUT2D eigenvalue weighted by molar-refractivity contribution is 5.96. The van der Waals surface area contributed by atoms with Crippen molar-refractivity contribution < 1.29 is 14.6 Å². The van der Waals surface area contributed by atoms with Gasteiger partial charge in [0.05, 0.1) is 11.7 Å². The summed E-state index contributed by atoms with van der Waals surface area (Å²) in [5, 5.41) is 10.9. The predicted molar refractivity (Wildman–Crippen MR) is 88.8 cm³/mol. The summed E-state index contributed by atoms with van der Waals surface area (Å²) in [6.45, 7) is 8.89. The molecule has 3 saturated carbocycles. The van der Waals surface area contributed by atoms with E-state index in [1.165, 1.54) is 0 Å². The zero-order valence-corrected chi connectivity index (χ0v) is 15.1. The van der Waals surface area contributed by atoms with Crippen LogP contribution in [0, 0.1) is 34.0 Å². The van der Waals surface area contributed by atoms with Gasteiger partial charge in [-0.25, -0.2) is 0 Å². The molecule has 0 saturated heterocycles. The highest BCUT2D eigenvalue weighted by Crippen LogP contribution is 2.78. The van der Waals surface area contributed by atoms with Gasteiger partial charge >= 0.3 is 0 Å². The second-order valence-electron chi connectivity index (χ2n) is 9.43. The largest absolute Gasteiger partial charge is 0.392 e. The first-order chi connectivity index (χ1) is 10.7. The number of rotatable bonds is 1. The van der Waals surface area contributed by atoms with Crippen molar-refractivity contribution in [3.05, 3.63) is 12.2 Å². The molecule has 1 N–H and O–H groups in total. The fourth-order valence-electron chi connectivity index (χ4n) is 7.68. The molecule has 4 rings (SSSR count). The van der Waals surface area contributed by atoms with Gasteiger partial charge in [-0.1, -0.05) is 26.8 Å². The molecular formula is C20H30O3. The number of methoxy groups -OCH3 is 1. The summed E-state index contributed by atoms with van der Waals surface area (Å²) >= 11 is 0. The van der Waals surface area contributed by atoms with Crippen molar-refractivity contribution in [1.82, 2.24) is 0 Å². The normalized spacial score (nSPS) is 60.7. The number of carbonyl (C=O) groups excluding carboxylic acids is 1. The summed E-state index contributed by atoms with van der Waals surface area (Å²) in [6.07, 6.45) is 7.34. The second kappa shape index (κ2) is 4.29. The quantitative estimate of drug-likeness (QED) is 0.806. The summed E-state index contributed by atoms with van der Waals surface area (Å²) in [4.78, 5) is 12.8. The molecule has 0 bridgehead atoms. The first-order valence-corrected chi connectivity index (χ1v) is 9.11. The van der Waals surface area contributed by atoms with E-state index < -0.39 is 0 Å². The maximum absolute atomic E-state index is 12.8. The predicted octanol–water partition coefficient (Wildman–Crippen LogP) is 3.36. The van der Waals surface area contributed by atoms with Gasteiger partial charge in [0, 0.05) is 24.4 Å². The van der Waals surface area contributed by atoms with Gasteiger partial charge in [-0.05, 0) is 55.4 Å². The van der Waals surface area contributed by atoms with Gasteiger partial charge in [0.1, 0.15) is 0 Å². The van der Waals surface area contributed by atoms with Crippen LogP contribution in [0.25, 0.3) is 0 Å². The molecule has 8 unspecified atom stereocenters. The van der Waals surface area contributed by atoms with Crippen LogP contribution in [-0.2, 0) is 9.53 Å². The number of aliphatic hydroxyl groups is 1. The second-order valence-corrected chi connectivity index (χ2v) is 9.43. The van der Waals surface area contributed by atoms with E-state index in [1.807, 2.05) is 6.08 Å². The number of ketones is 1. The molecule has 3 nitrogen and oxygen atoms in total. The lowest BCUT2D eigenvalue weighted by Gasteiger charge is -2.50. The third kappa shape index (κ3) is 1.48. The lowest BCUT2D eigenvalue weighted by atomic mass is 9.52. The minimum Gasteiger partial charge on any atom is -0.392 e. The molecule has 0 aromatic heterocycles. The molecule has 0 aliphatic heterocycles. The van der Waals surface area contributed by atoms with Gasteiger partial charge in [-0.15, -0.1) is 0 Å². The average Bonchev–Trinajstić information content (AvgIpc) is 3.01. The highest BCUT2D eigenvalue weighted by Gasteiger charge is 2.77. The number of allylic oxidation sites excluding steroid dienone is 2. The lowest BCUT2D eigenvalue weighted by Crippen LogP contribution is -2.50. The summed E-state index contributed by atoms with van der Waals surface area (Å²) < 4.78 is 5.96. The molecule has 4 aliphatic carbocycles. The van der Waals surface area contributed by atoms with E-state index in [9.17, 15) is 9.90 Å². The molecule has 1 spiro atoms. The van der Waals surface area contributed by atoms with Crippen molar-refractivity contribution in [2.45, 2.75) is 65.1 Å². The fraction of sp³-hybridized carbons (Fsp3) is 0.850. The third-order valence-electron chi connectivity index (χ3n) is 8.81. The van der Waals surface area contributed by atoms with Crippen LogP contribution in [0.2, 0.25) is 0 Å². The standard InChI is InChI=1S/C20H30O3/c1-12-6-7-14(21)18(3)9-8-13-16-17(2,11-20(12,13)18)15(22)10-19(16,4)23-5/h6-7,12-13,15-16,22H,8-11H2,1-5H3. The molecule has 4 aliphatic rings. The van der Waals surface area contributed by atoms with Gasteiger partial charge in [-0.3, -0.25) is 4.79 Å². The molecule has 0 aromatic rings. The average molecular weight is 318 g/mol. The number of hydrogen-bond donors (Lipinski definition) is 1. The number of fused-ring (bicyclic) bond motifs is 2. The Labute approximate surface area is 139 Å². The monoisotopic (exact) mass is 318 g/mol. The zero-order chi connectivity index (χ0) is 16.8. The van der Waals surface area contributed by atoms with E-state index in [0.717, 1.165) is 19.3 Å². The molecule has 0 radical (unpaired) electrons. The number of hydrogen-bond acceptors (Lipinski definition) is 3. The minimum atomic E-state index is -0.338. The Kier molecular flexibility index (Phi) is 2.95. The fourth-order valence-corrected chi connectivity index (χ4v) is 7.68. The van der Waals surface area contributed by atoms with Crippen molar-refractivity contribution >= 4 is 5.78 Å². The SMILES string of the molecule is COC1(C)CC(O)C2(C)CC34C(C)C=CC(=O)C3(C)CCC4C12. The maximum atomic E-state index is 12.8.